The summed E-state index contributed by atoms with van der Waals surface area (Å²) in [6.45, 7) is 5.92. The lowest BCUT2D eigenvalue weighted by Gasteiger charge is -2.20. The van der Waals surface area contributed by atoms with Crippen molar-refractivity contribution in [2.24, 2.45) is 5.92 Å². The first-order valence-electron chi connectivity index (χ1n) is 17.8. The number of aliphatic carboxylic acids is 1. The van der Waals surface area contributed by atoms with Crippen LogP contribution in [0, 0.1) is 5.92 Å². The molecule has 50 heavy (non-hydrogen) atoms. The Morgan fingerprint density at radius 1 is 0.680 bits per heavy atom. The molecule has 10 heteroatoms. The maximum absolute atomic E-state index is 12.8. The molecule has 0 fully saturated rings. The Kier molecular flexibility index (Phi) is 13.8. The fourth-order valence-electron chi connectivity index (χ4n) is 6.16. The normalized spacial score (nSPS) is 12.5. The number of benzene rings is 4. The van der Waals surface area contributed by atoms with Crippen molar-refractivity contribution in [2.45, 2.75) is 104 Å². The summed E-state index contributed by atoms with van der Waals surface area (Å²) in [5.74, 6) is -4.05. The second-order valence-corrected chi connectivity index (χ2v) is 13.0. The largest absolute Gasteiger partial charge is 0.506 e. The number of phenolic OH excluding ortho intramolecular Hbond substituents is 4. The number of hydrogen-bond acceptors (Lipinski definition) is 8. The molecule has 1 amide bonds. The number of nitrogens with one attached hydrogen (secondary N) is 1. The Balaban J connectivity index is 1.53. The Hall–Kier alpha value is -4.86. The van der Waals surface area contributed by atoms with Crippen LogP contribution in [0.3, 0.4) is 0 Å². The smallest absolute Gasteiger partial charge is 0.326 e. The minimum atomic E-state index is -1.11. The molecule has 4 rings (SSSR count). The predicted octanol–water partition coefficient (Wildman–Crippen LogP) is 8.92. The summed E-state index contributed by atoms with van der Waals surface area (Å²) in [6.07, 6.45) is 12.0. The van der Waals surface area contributed by atoms with Gasteiger partial charge in [0.2, 0.25) is 11.5 Å². The third kappa shape index (κ3) is 9.02. The zero-order valence-electron chi connectivity index (χ0n) is 29.3. The van der Waals surface area contributed by atoms with Crippen molar-refractivity contribution in [3.63, 3.8) is 0 Å². The van der Waals surface area contributed by atoms with Crippen molar-refractivity contribution >= 4 is 33.4 Å². The first-order chi connectivity index (χ1) is 24.1. The number of amides is 1. The highest BCUT2D eigenvalue weighted by Crippen LogP contribution is 2.57. The molecule has 0 aliphatic heterocycles. The van der Waals surface area contributed by atoms with Gasteiger partial charge in [-0.05, 0) is 30.0 Å². The number of carbonyl (C=O) groups is 2. The van der Waals surface area contributed by atoms with Crippen molar-refractivity contribution in [1.29, 1.82) is 0 Å². The molecule has 0 bridgehead atoms. The summed E-state index contributed by atoms with van der Waals surface area (Å²) in [4.78, 5) is 24.4. The number of hydrogen-bond donors (Lipinski definition) is 6. The van der Waals surface area contributed by atoms with Gasteiger partial charge in [-0.3, -0.25) is 4.79 Å². The first kappa shape index (κ1) is 38.0. The number of carbonyl (C=O) groups excluding carboxylic acids is 1. The van der Waals surface area contributed by atoms with Crippen LogP contribution in [0.4, 0.5) is 0 Å². The van der Waals surface area contributed by atoms with Gasteiger partial charge >= 0.3 is 5.97 Å². The molecular formula is C40H51NO9. The quantitative estimate of drug-likeness (QED) is 0.0230. The summed E-state index contributed by atoms with van der Waals surface area (Å²) in [7, 11) is 0. The Bertz CT molecular complexity index is 1750. The lowest BCUT2D eigenvalue weighted by molar-refractivity contribution is -0.140. The van der Waals surface area contributed by atoms with E-state index in [-0.39, 0.29) is 58.5 Å². The fraction of sp³-hybridized carbons (Fsp3) is 0.450. The SMILES string of the molecule is CCCCCCCCCCCCOc1c(O)c(O)c(OCc2ccc(C(=O)N[C@H](C(=O)O)[C@H](C)CC)cc2)c2c(O)c3ccccc3c(O)c12. The number of ether oxygens (including phenoxy) is 2. The molecule has 10 nitrogen and oxygen atoms in total. The van der Waals surface area contributed by atoms with Gasteiger partial charge in [0.05, 0.1) is 17.4 Å². The summed E-state index contributed by atoms with van der Waals surface area (Å²) in [5.41, 5.74) is 0.836. The minimum Gasteiger partial charge on any atom is -0.506 e. The second kappa shape index (κ2) is 18.2. The molecule has 270 valence electrons. The molecule has 0 aromatic heterocycles. The van der Waals surface area contributed by atoms with Crippen LogP contribution in [0.1, 0.15) is 107 Å². The number of fused-ring (bicyclic) bond motifs is 2. The van der Waals surface area contributed by atoms with Crippen molar-refractivity contribution in [1.82, 2.24) is 5.32 Å². The van der Waals surface area contributed by atoms with Crippen LogP contribution in [-0.4, -0.2) is 50.1 Å². The topological polar surface area (TPSA) is 166 Å². The van der Waals surface area contributed by atoms with E-state index in [4.69, 9.17) is 9.47 Å². The summed E-state index contributed by atoms with van der Waals surface area (Å²) < 4.78 is 12.0. The Morgan fingerprint density at radius 2 is 1.18 bits per heavy atom. The highest BCUT2D eigenvalue weighted by Gasteiger charge is 2.29. The van der Waals surface area contributed by atoms with Crippen LogP contribution in [0.25, 0.3) is 21.5 Å². The van der Waals surface area contributed by atoms with E-state index in [9.17, 15) is 35.1 Å². The molecule has 0 radical (unpaired) electrons. The number of carboxylic acid groups (broad SMARTS) is 1. The first-order valence-corrected chi connectivity index (χ1v) is 17.8. The van der Waals surface area contributed by atoms with E-state index in [2.05, 4.69) is 12.2 Å². The van der Waals surface area contributed by atoms with Crippen LogP contribution >= 0.6 is 0 Å². The van der Waals surface area contributed by atoms with Crippen molar-refractivity contribution in [3.8, 4) is 34.5 Å². The van der Waals surface area contributed by atoms with Crippen LogP contribution in [0.5, 0.6) is 34.5 Å². The molecule has 0 saturated heterocycles. The van der Waals surface area contributed by atoms with Gasteiger partial charge in [0, 0.05) is 16.3 Å². The summed E-state index contributed by atoms with van der Waals surface area (Å²) >= 11 is 0. The summed E-state index contributed by atoms with van der Waals surface area (Å²) in [6, 6.07) is 11.9. The van der Waals surface area contributed by atoms with Crippen LogP contribution < -0.4 is 14.8 Å². The highest BCUT2D eigenvalue weighted by molar-refractivity contribution is 6.16. The molecule has 4 aromatic rings. The lowest BCUT2D eigenvalue weighted by atomic mass is 9.98. The van der Waals surface area contributed by atoms with E-state index in [0.29, 0.717) is 29.2 Å². The number of phenols is 4. The molecule has 6 N–H and O–H groups in total. The molecule has 0 heterocycles. The van der Waals surface area contributed by atoms with E-state index >= 15 is 0 Å². The molecule has 2 atom stereocenters. The molecule has 0 aliphatic rings. The monoisotopic (exact) mass is 689 g/mol. The maximum Gasteiger partial charge on any atom is 0.326 e. The molecule has 0 unspecified atom stereocenters. The van der Waals surface area contributed by atoms with Crippen LogP contribution in [0.15, 0.2) is 48.5 Å². The van der Waals surface area contributed by atoms with Gasteiger partial charge in [-0.2, -0.15) is 0 Å². The highest BCUT2D eigenvalue weighted by atomic mass is 16.5. The van der Waals surface area contributed by atoms with E-state index in [1.165, 1.54) is 50.7 Å². The number of rotatable bonds is 20. The van der Waals surface area contributed by atoms with E-state index < -0.39 is 29.4 Å². The maximum atomic E-state index is 12.8. The van der Waals surface area contributed by atoms with Crippen LogP contribution in [0.2, 0.25) is 0 Å². The average Bonchev–Trinajstić information content (AvgIpc) is 3.12. The molecule has 0 spiro atoms. The lowest BCUT2D eigenvalue weighted by Crippen LogP contribution is -2.45. The predicted molar refractivity (Wildman–Crippen MR) is 195 cm³/mol. The molecule has 0 aliphatic carbocycles. The van der Waals surface area contributed by atoms with Gasteiger partial charge in [-0.15, -0.1) is 0 Å². The van der Waals surface area contributed by atoms with Crippen molar-refractivity contribution in [3.05, 3.63) is 59.7 Å². The van der Waals surface area contributed by atoms with Gasteiger partial charge in [-0.1, -0.05) is 121 Å². The number of aromatic hydroxyl groups is 4. The standard InChI is InChI=1S/C40H51NO9/c1-4-6-7-8-9-10-11-12-13-16-23-49-37-30-31(34(43)29-18-15-14-17-28(29)33(30)42)38(36(45)35(37)44)50-24-26-19-21-27(22-20-26)39(46)41-32(40(47)48)25(3)5-2/h14-15,17-22,25,32,42-45H,4-13,16,23-24H2,1-3H3,(H,41,46)(H,47,48)/t25-,32+/m1/s1. The summed E-state index contributed by atoms with van der Waals surface area (Å²) in [5, 5.41) is 58.0. The van der Waals surface area contributed by atoms with E-state index in [1.54, 1.807) is 43.3 Å². The molecule has 0 saturated carbocycles. The zero-order chi connectivity index (χ0) is 36.2. The zero-order valence-corrected chi connectivity index (χ0v) is 29.3. The van der Waals surface area contributed by atoms with Gasteiger partial charge in [0.25, 0.3) is 5.91 Å². The van der Waals surface area contributed by atoms with Gasteiger partial charge in [0.1, 0.15) is 24.1 Å². The second-order valence-electron chi connectivity index (χ2n) is 13.0. The van der Waals surface area contributed by atoms with Crippen molar-refractivity contribution in [2.75, 3.05) is 6.61 Å². The third-order valence-electron chi connectivity index (χ3n) is 9.38. The van der Waals surface area contributed by atoms with Gasteiger partial charge in [0.15, 0.2) is 11.5 Å². The van der Waals surface area contributed by atoms with Crippen molar-refractivity contribution < 1.29 is 44.6 Å². The third-order valence-corrected chi connectivity index (χ3v) is 9.38. The molecular weight excluding hydrogens is 638 g/mol. The van der Waals surface area contributed by atoms with Gasteiger partial charge in [-0.25, -0.2) is 4.79 Å². The van der Waals surface area contributed by atoms with Crippen LogP contribution in [-0.2, 0) is 11.4 Å². The number of carboxylic acids is 1. The Labute approximate surface area is 293 Å². The van der Waals surface area contributed by atoms with Gasteiger partial charge < -0.3 is 40.3 Å². The van der Waals surface area contributed by atoms with E-state index in [1.807, 2.05) is 6.92 Å². The Morgan fingerprint density at radius 3 is 1.68 bits per heavy atom. The molecule has 4 aromatic carbocycles. The number of unbranched alkanes of at least 4 members (excludes halogenated alkanes) is 9. The minimum absolute atomic E-state index is 0.0138. The average molecular weight is 690 g/mol. The fourth-order valence-corrected chi connectivity index (χ4v) is 6.16. The van der Waals surface area contributed by atoms with E-state index in [0.717, 1.165) is 19.3 Å².